The predicted molar refractivity (Wildman–Crippen MR) is 82.1 cm³/mol. The predicted octanol–water partition coefficient (Wildman–Crippen LogP) is 2.03. The molecule has 0 heterocycles. The van der Waals surface area contributed by atoms with Crippen molar-refractivity contribution in [2.24, 2.45) is 0 Å². The van der Waals surface area contributed by atoms with E-state index in [-0.39, 0.29) is 12.5 Å². The molecule has 1 fully saturated rings. The summed E-state index contributed by atoms with van der Waals surface area (Å²) in [6.45, 7) is 9.96. The molecule has 0 spiro atoms. The van der Waals surface area contributed by atoms with Gasteiger partial charge >= 0.3 is 0 Å². The number of rotatable bonds is 7. The SMILES string of the molecule is C=C/C=C(\C)C(=O)NC1(C(=C)NCCO)CCCCC1. The summed E-state index contributed by atoms with van der Waals surface area (Å²) < 4.78 is 0. The molecule has 0 radical (unpaired) electrons. The number of hydrogen-bond acceptors (Lipinski definition) is 3. The molecule has 20 heavy (non-hydrogen) atoms. The second-order valence-electron chi connectivity index (χ2n) is 5.31. The smallest absolute Gasteiger partial charge is 0.247 e. The number of amides is 1. The van der Waals surface area contributed by atoms with E-state index in [1.807, 2.05) is 0 Å². The first kappa shape index (κ1) is 16.5. The van der Waals surface area contributed by atoms with E-state index in [1.54, 1.807) is 19.1 Å². The first-order chi connectivity index (χ1) is 9.55. The topological polar surface area (TPSA) is 61.4 Å². The van der Waals surface area contributed by atoms with Gasteiger partial charge in [0.15, 0.2) is 0 Å². The molecule has 0 aromatic carbocycles. The number of allylic oxidation sites excluding steroid dienone is 2. The van der Waals surface area contributed by atoms with E-state index in [0.717, 1.165) is 31.4 Å². The number of aliphatic hydroxyl groups is 1. The third-order valence-electron chi connectivity index (χ3n) is 3.81. The van der Waals surface area contributed by atoms with Crippen LogP contribution in [0.4, 0.5) is 0 Å². The lowest BCUT2D eigenvalue weighted by Gasteiger charge is -2.40. The van der Waals surface area contributed by atoms with E-state index >= 15 is 0 Å². The third-order valence-corrected chi connectivity index (χ3v) is 3.81. The molecule has 4 nitrogen and oxygen atoms in total. The minimum atomic E-state index is -0.402. The molecule has 0 aromatic heterocycles. The standard InChI is InChI=1S/C16H26N2O2/c1-4-8-13(2)15(20)18-16(9-6-5-7-10-16)14(3)17-11-12-19/h4,8,17,19H,1,3,5-7,9-12H2,2H3,(H,18,20)/b13-8+. The molecule has 1 aliphatic rings. The zero-order valence-electron chi connectivity index (χ0n) is 12.4. The van der Waals surface area contributed by atoms with Crippen LogP contribution in [0.2, 0.25) is 0 Å². The van der Waals surface area contributed by atoms with E-state index in [2.05, 4.69) is 23.8 Å². The van der Waals surface area contributed by atoms with Gasteiger partial charge in [-0.2, -0.15) is 0 Å². The fraction of sp³-hybridized carbons (Fsp3) is 0.562. The Morgan fingerprint density at radius 3 is 2.55 bits per heavy atom. The Kier molecular flexibility index (Phi) is 6.52. The van der Waals surface area contributed by atoms with Crippen LogP contribution >= 0.6 is 0 Å². The lowest BCUT2D eigenvalue weighted by atomic mass is 9.79. The van der Waals surface area contributed by atoms with E-state index in [9.17, 15) is 4.79 Å². The minimum Gasteiger partial charge on any atom is -0.395 e. The molecule has 0 bridgehead atoms. The van der Waals surface area contributed by atoms with Crippen LogP contribution in [0, 0.1) is 0 Å². The van der Waals surface area contributed by atoms with Crippen molar-refractivity contribution in [2.45, 2.75) is 44.6 Å². The summed E-state index contributed by atoms with van der Waals surface area (Å²) in [7, 11) is 0. The van der Waals surface area contributed by atoms with Gasteiger partial charge in [-0.3, -0.25) is 4.79 Å². The van der Waals surface area contributed by atoms with Crippen LogP contribution in [0.15, 0.2) is 36.6 Å². The number of carbonyl (C=O) groups is 1. The number of hydrogen-bond donors (Lipinski definition) is 3. The van der Waals surface area contributed by atoms with Gasteiger partial charge in [-0.1, -0.05) is 44.6 Å². The van der Waals surface area contributed by atoms with Crippen LogP contribution < -0.4 is 10.6 Å². The summed E-state index contributed by atoms with van der Waals surface area (Å²) in [5, 5.41) is 15.2. The van der Waals surface area contributed by atoms with Crippen molar-refractivity contribution in [3.63, 3.8) is 0 Å². The Hall–Kier alpha value is -1.55. The number of carbonyl (C=O) groups excluding carboxylic acids is 1. The summed E-state index contributed by atoms with van der Waals surface area (Å²) in [5.41, 5.74) is 1.03. The lowest BCUT2D eigenvalue weighted by Crippen LogP contribution is -2.54. The van der Waals surface area contributed by atoms with Crippen molar-refractivity contribution < 1.29 is 9.90 Å². The van der Waals surface area contributed by atoms with Crippen molar-refractivity contribution in [1.29, 1.82) is 0 Å². The van der Waals surface area contributed by atoms with Gasteiger partial charge in [0.1, 0.15) is 0 Å². The van der Waals surface area contributed by atoms with Gasteiger partial charge in [-0.05, 0) is 19.8 Å². The molecule has 0 aliphatic heterocycles. The maximum absolute atomic E-state index is 12.2. The zero-order chi connectivity index (χ0) is 15.0. The summed E-state index contributed by atoms with van der Waals surface area (Å²) in [6, 6.07) is 0. The maximum Gasteiger partial charge on any atom is 0.247 e. The Morgan fingerprint density at radius 1 is 1.35 bits per heavy atom. The Bertz CT molecular complexity index is 393. The molecule has 4 heteroatoms. The molecule has 1 rings (SSSR count). The van der Waals surface area contributed by atoms with Gasteiger partial charge < -0.3 is 15.7 Å². The highest BCUT2D eigenvalue weighted by atomic mass is 16.3. The summed E-state index contributed by atoms with van der Waals surface area (Å²) in [4.78, 5) is 12.2. The van der Waals surface area contributed by atoms with Gasteiger partial charge in [0.2, 0.25) is 5.91 Å². The van der Waals surface area contributed by atoms with Gasteiger partial charge in [0.25, 0.3) is 0 Å². The number of aliphatic hydroxyl groups excluding tert-OH is 1. The highest BCUT2D eigenvalue weighted by Crippen LogP contribution is 2.32. The fourth-order valence-corrected chi connectivity index (χ4v) is 2.60. The van der Waals surface area contributed by atoms with Gasteiger partial charge in [0.05, 0.1) is 12.1 Å². The Labute approximate surface area is 121 Å². The highest BCUT2D eigenvalue weighted by molar-refractivity contribution is 5.93. The molecular weight excluding hydrogens is 252 g/mol. The molecule has 0 atom stereocenters. The lowest BCUT2D eigenvalue weighted by molar-refractivity contribution is -0.119. The summed E-state index contributed by atoms with van der Waals surface area (Å²) in [5.74, 6) is -0.0845. The van der Waals surface area contributed by atoms with Crippen molar-refractivity contribution in [1.82, 2.24) is 10.6 Å². The highest BCUT2D eigenvalue weighted by Gasteiger charge is 2.36. The third kappa shape index (κ3) is 4.23. The van der Waals surface area contributed by atoms with Crippen LogP contribution in [0.3, 0.4) is 0 Å². The minimum absolute atomic E-state index is 0.0540. The van der Waals surface area contributed by atoms with Crippen LogP contribution in [0.25, 0.3) is 0 Å². The first-order valence-electron chi connectivity index (χ1n) is 7.21. The first-order valence-corrected chi connectivity index (χ1v) is 7.21. The molecule has 1 saturated carbocycles. The Morgan fingerprint density at radius 2 is 2.00 bits per heavy atom. The quantitative estimate of drug-likeness (QED) is 0.493. The molecule has 0 unspecified atom stereocenters. The molecule has 0 aromatic rings. The molecule has 1 amide bonds. The van der Waals surface area contributed by atoms with Crippen molar-refractivity contribution >= 4 is 5.91 Å². The average Bonchev–Trinajstić information content (AvgIpc) is 2.45. The van der Waals surface area contributed by atoms with E-state index in [1.165, 1.54) is 6.42 Å². The van der Waals surface area contributed by atoms with E-state index < -0.39 is 5.54 Å². The van der Waals surface area contributed by atoms with Gasteiger partial charge in [0, 0.05) is 17.8 Å². The summed E-state index contributed by atoms with van der Waals surface area (Å²) >= 11 is 0. The second kappa shape index (κ2) is 7.90. The fourth-order valence-electron chi connectivity index (χ4n) is 2.60. The maximum atomic E-state index is 12.2. The zero-order valence-corrected chi connectivity index (χ0v) is 12.4. The Balaban J connectivity index is 2.83. The van der Waals surface area contributed by atoms with Gasteiger partial charge in [-0.15, -0.1) is 0 Å². The van der Waals surface area contributed by atoms with Crippen molar-refractivity contribution in [2.75, 3.05) is 13.2 Å². The van der Waals surface area contributed by atoms with Gasteiger partial charge in [-0.25, -0.2) is 0 Å². The van der Waals surface area contributed by atoms with Crippen LogP contribution in [-0.4, -0.2) is 29.7 Å². The largest absolute Gasteiger partial charge is 0.395 e. The molecular formula is C16H26N2O2. The number of nitrogens with one attached hydrogen (secondary N) is 2. The average molecular weight is 278 g/mol. The molecule has 112 valence electrons. The molecule has 0 saturated heterocycles. The van der Waals surface area contributed by atoms with Crippen molar-refractivity contribution in [3.8, 4) is 0 Å². The van der Waals surface area contributed by atoms with Crippen molar-refractivity contribution in [3.05, 3.63) is 36.6 Å². The van der Waals surface area contributed by atoms with Crippen LogP contribution in [0.1, 0.15) is 39.0 Å². The normalized spacial score (nSPS) is 18.2. The summed E-state index contributed by atoms with van der Waals surface area (Å²) in [6.07, 6.45) is 8.42. The van der Waals surface area contributed by atoms with E-state index in [4.69, 9.17) is 5.11 Å². The van der Waals surface area contributed by atoms with Crippen LogP contribution in [0.5, 0.6) is 0 Å². The molecule has 1 aliphatic carbocycles. The van der Waals surface area contributed by atoms with Crippen LogP contribution in [-0.2, 0) is 4.79 Å². The van der Waals surface area contributed by atoms with E-state index in [0.29, 0.717) is 12.1 Å². The molecule has 3 N–H and O–H groups in total. The second-order valence-corrected chi connectivity index (χ2v) is 5.31. The monoisotopic (exact) mass is 278 g/mol.